The maximum absolute atomic E-state index is 11.6. The molecule has 0 spiro atoms. The standard InChI is InChI=1S/C22H21N3O6/c1-13-9-14(2)22(15(3)10-13)31-21-11-18(19(24(26)27)12-20(21)25(28)29)23-16-5-7-17(30-4)8-6-16/h5-12,23H,1-4H3. The van der Waals surface area contributed by atoms with E-state index in [4.69, 9.17) is 9.47 Å². The van der Waals surface area contributed by atoms with Gasteiger partial charge in [-0.1, -0.05) is 17.7 Å². The van der Waals surface area contributed by atoms with E-state index in [0.717, 1.165) is 22.8 Å². The molecule has 160 valence electrons. The summed E-state index contributed by atoms with van der Waals surface area (Å²) in [6.07, 6.45) is 0. The van der Waals surface area contributed by atoms with E-state index in [0.29, 0.717) is 17.2 Å². The quantitative estimate of drug-likeness (QED) is 0.367. The molecule has 0 aliphatic rings. The minimum Gasteiger partial charge on any atom is -0.497 e. The summed E-state index contributed by atoms with van der Waals surface area (Å²) in [7, 11) is 1.53. The lowest BCUT2D eigenvalue weighted by atomic mass is 10.1. The van der Waals surface area contributed by atoms with E-state index in [9.17, 15) is 20.2 Å². The molecule has 0 amide bonds. The van der Waals surface area contributed by atoms with Gasteiger partial charge in [-0.05, 0) is 56.2 Å². The van der Waals surface area contributed by atoms with Crippen molar-refractivity contribution in [3.05, 3.63) is 85.4 Å². The summed E-state index contributed by atoms with van der Waals surface area (Å²) in [4.78, 5) is 21.8. The molecule has 0 radical (unpaired) electrons. The van der Waals surface area contributed by atoms with E-state index in [1.54, 1.807) is 24.3 Å². The molecule has 0 saturated heterocycles. The Morgan fingerprint density at radius 1 is 0.839 bits per heavy atom. The van der Waals surface area contributed by atoms with Gasteiger partial charge in [0.25, 0.3) is 5.69 Å². The number of ether oxygens (including phenoxy) is 2. The number of nitro groups is 2. The highest BCUT2D eigenvalue weighted by Crippen LogP contribution is 2.42. The lowest BCUT2D eigenvalue weighted by molar-refractivity contribution is -0.394. The number of aryl methyl sites for hydroxylation is 3. The Balaban J connectivity index is 2.10. The zero-order valence-corrected chi connectivity index (χ0v) is 17.5. The molecule has 0 fully saturated rings. The number of nitrogens with zero attached hydrogens (tertiary/aromatic N) is 2. The topological polar surface area (TPSA) is 117 Å². The van der Waals surface area contributed by atoms with Crippen molar-refractivity contribution >= 4 is 22.7 Å². The van der Waals surface area contributed by atoms with Crippen LogP contribution in [-0.2, 0) is 0 Å². The fourth-order valence-corrected chi connectivity index (χ4v) is 3.30. The fraction of sp³-hybridized carbons (Fsp3) is 0.182. The third kappa shape index (κ3) is 4.72. The van der Waals surface area contributed by atoms with E-state index in [1.807, 2.05) is 32.9 Å². The summed E-state index contributed by atoms with van der Waals surface area (Å²) < 4.78 is 11.0. The van der Waals surface area contributed by atoms with Crippen LogP contribution >= 0.6 is 0 Å². The Bertz CT molecular complexity index is 1140. The highest BCUT2D eigenvalue weighted by atomic mass is 16.6. The van der Waals surface area contributed by atoms with Crippen molar-refractivity contribution in [2.45, 2.75) is 20.8 Å². The number of methoxy groups -OCH3 is 1. The second-order valence-electron chi connectivity index (χ2n) is 7.03. The van der Waals surface area contributed by atoms with Gasteiger partial charge in [-0.25, -0.2) is 0 Å². The predicted molar refractivity (Wildman–Crippen MR) is 117 cm³/mol. The maximum atomic E-state index is 11.6. The highest BCUT2D eigenvalue weighted by molar-refractivity contribution is 5.75. The van der Waals surface area contributed by atoms with E-state index < -0.39 is 21.2 Å². The number of nitro benzene ring substituents is 2. The number of hydrogen-bond donors (Lipinski definition) is 1. The Morgan fingerprint density at radius 3 is 1.94 bits per heavy atom. The van der Waals surface area contributed by atoms with E-state index in [-0.39, 0.29) is 11.4 Å². The Hall–Kier alpha value is -4.14. The first kappa shape index (κ1) is 21.6. The summed E-state index contributed by atoms with van der Waals surface area (Å²) in [6, 6.07) is 12.7. The van der Waals surface area contributed by atoms with Crippen LogP contribution in [-0.4, -0.2) is 17.0 Å². The largest absolute Gasteiger partial charge is 0.497 e. The Kier molecular flexibility index (Phi) is 6.05. The van der Waals surface area contributed by atoms with E-state index in [1.165, 1.54) is 13.2 Å². The minimum atomic E-state index is -0.696. The molecule has 9 heteroatoms. The molecule has 0 atom stereocenters. The van der Waals surface area contributed by atoms with Gasteiger partial charge in [0.2, 0.25) is 5.75 Å². The van der Waals surface area contributed by atoms with Crippen molar-refractivity contribution in [1.82, 2.24) is 0 Å². The first-order valence-corrected chi connectivity index (χ1v) is 9.33. The summed E-state index contributed by atoms with van der Waals surface area (Å²) in [6.45, 7) is 5.61. The predicted octanol–water partition coefficient (Wildman–Crippen LogP) is 5.97. The van der Waals surface area contributed by atoms with E-state index >= 15 is 0 Å². The average Bonchev–Trinajstić information content (AvgIpc) is 2.70. The van der Waals surface area contributed by atoms with E-state index in [2.05, 4.69) is 5.32 Å². The van der Waals surface area contributed by atoms with Gasteiger partial charge in [0.1, 0.15) is 23.3 Å². The van der Waals surface area contributed by atoms with Crippen LogP contribution in [0.4, 0.5) is 22.7 Å². The smallest absolute Gasteiger partial charge is 0.318 e. The minimum absolute atomic E-state index is 0.0678. The number of benzene rings is 3. The third-order valence-corrected chi connectivity index (χ3v) is 4.66. The lowest BCUT2D eigenvalue weighted by Crippen LogP contribution is -2.02. The molecule has 31 heavy (non-hydrogen) atoms. The monoisotopic (exact) mass is 423 g/mol. The molecule has 0 aliphatic carbocycles. The Labute approximate surface area is 178 Å². The van der Waals surface area contributed by atoms with Gasteiger partial charge in [-0.15, -0.1) is 0 Å². The van der Waals surface area contributed by atoms with Gasteiger partial charge < -0.3 is 14.8 Å². The SMILES string of the molecule is COc1ccc(Nc2cc(Oc3c(C)cc(C)cc3C)c([N+](=O)[O-])cc2[N+](=O)[O-])cc1. The first-order chi connectivity index (χ1) is 14.7. The molecule has 0 bridgehead atoms. The van der Waals surface area contributed by atoms with Crippen molar-refractivity contribution in [1.29, 1.82) is 0 Å². The van der Waals surface area contributed by atoms with Crippen LogP contribution in [0.1, 0.15) is 16.7 Å². The van der Waals surface area contributed by atoms with Crippen LogP contribution in [0.3, 0.4) is 0 Å². The van der Waals surface area contributed by atoms with Crippen molar-refractivity contribution in [2.75, 3.05) is 12.4 Å². The fourth-order valence-electron chi connectivity index (χ4n) is 3.30. The number of rotatable bonds is 7. The highest BCUT2D eigenvalue weighted by Gasteiger charge is 2.27. The van der Waals surface area contributed by atoms with Crippen LogP contribution < -0.4 is 14.8 Å². The molecule has 3 aromatic rings. The number of anilines is 2. The zero-order chi connectivity index (χ0) is 22.7. The molecule has 3 rings (SSSR count). The first-order valence-electron chi connectivity index (χ1n) is 9.33. The molecule has 0 aromatic heterocycles. The molecule has 0 heterocycles. The lowest BCUT2D eigenvalue weighted by Gasteiger charge is -2.15. The van der Waals surface area contributed by atoms with Gasteiger partial charge >= 0.3 is 5.69 Å². The van der Waals surface area contributed by atoms with Crippen molar-refractivity contribution < 1.29 is 19.3 Å². The van der Waals surface area contributed by atoms with Crippen LogP contribution in [0.5, 0.6) is 17.2 Å². The summed E-state index contributed by atoms with van der Waals surface area (Å²) >= 11 is 0. The van der Waals surface area contributed by atoms with Gasteiger partial charge in [0.05, 0.1) is 17.0 Å². The maximum Gasteiger partial charge on any atom is 0.318 e. The average molecular weight is 423 g/mol. The normalized spacial score (nSPS) is 10.5. The van der Waals surface area contributed by atoms with Gasteiger partial charge in [0.15, 0.2) is 0 Å². The second kappa shape index (κ2) is 8.70. The summed E-state index contributed by atoms with van der Waals surface area (Å²) in [5.74, 6) is 0.998. The van der Waals surface area contributed by atoms with Crippen LogP contribution in [0.25, 0.3) is 0 Å². The van der Waals surface area contributed by atoms with Crippen LogP contribution in [0, 0.1) is 41.0 Å². The van der Waals surface area contributed by atoms with Gasteiger partial charge in [0, 0.05) is 11.8 Å². The van der Waals surface area contributed by atoms with Crippen molar-refractivity contribution in [3.63, 3.8) is 0 Å². The summed E-state index contributed by atoms with van der Waals surface area (Å²) in [5.41, 5.74) is 2.31. The summed E-state index contributed by atoms with van der Waals surface area (Å²) in [5, 5.41) is 26.1. The van der Waals surface area contributed by atoms with Crippen molar-refractivity contribution in [2.24, 2.45) is 0 Å². The molecular formula is C22H21N3O6. The third-order valence-electron chi connectivity index (χ3n) is 4.66. The van der Waals surface area contributed by atoms with Crippen LogP contribution in [0.15, 0.2) is 48.5 Å². The van der Waals surface area contributed by atoms with Gasteiger partial charge in [-0.2, -0.15) is 0 Å². The molecule has 3 aromatic carbocycles. The molecule has 9 nitrogen and oxygen atoms in total. The molecule has 0 saturated carbocycles. The zero-order valence-electron chi connectivity index (χ0n) is 17.5. The van der Waals surface area contributed by atoms with Crippen molar-refractivity contribution in [3.8, 4) is 17.2 Å². The van der Waals surface area contributed by atoms with Crippen LogP contribution in [0.2, 0.25) is 0 Å². The molecule has 0 unspecified atom stereocenters. The second-order valence-corrected chi connectivity index (χ2v) is 7.03. The number of hydrogen-bond acceptors (Lipinski definition) is 7. The molecule has 1 N–H and O–H groups in total. The molecule has 0 aliphatic heterocycles. The van der Waals surface area contributed by atoms with Gasteiger partial charge in [-0.3, -0.25) is 20.2 Å². The number of nitrogens with one attached hydrogen (secondary N) is 1. The molecular weight excluding hydrogens is 402 g/mol. The Morgan fingerprint density at radius 2 is 1.42 bits per heavy atom.